The topological polar surface area (TPSA) is 55.1 Å². The molecule has 0 amide bonds. The maximum atomic E-state index is 13.4. The number of allylic oxidation sites excluding steroid dienone is 1. The van der Waals surface area contributed by atoms with Gasteiger partial charge in [0.05, 0.1) is 6.20 Å². The number of nitrogens with zero attached hydrogens (tertiary/aromatic N) is 2. The minimum atomic E-state index is -0.220. The number of fused-ring (bicyclic) bond motifs is 5. The summed E-state index contributed by atoms with van der Waals surface area (Å²) in [6.45, 7) is 5.12. The molecule has 0 aliphatic heterocycles. The molecule has 2 saturated carbocycles. The summed E-state index contributed by atoms with van der Waals surface area (Å²) >= 11 is 0. The van der Waals surface area contributed by atoms with E-state index < -0.39 is 0 Å². The van der Waals surface area contributed by atoms with Crippen LogP contribution < -0.4 is 0 Å². The molecule has 146 valence electrons. The minimum Gasteiger partial charge on any atom is -0.508 e. The molecule has 4 atom stereocenters. The Morgan fingerprint density at radius 1 is 1.36 bits per heavy atom. The van der Waals surface area contributed by atoms with Gasteiger partial charge in [0.2, 0.25) is 0 Å². The average Bonchev–Trinajstić information content (AvgIpc) is 3.25. The van der Waals surface area contributed by atoms with Crippen molar-refractivity contribution in [3.8, 4) is 5.75 Å². The molecule has 1 N–H and O–H groups in total. The second-order valence-corrected chi connectivity index (χ2v) is 9.09. The summed E-state index contributed by atoms with van der Waals surface area (Å²) in [5.74, 6) is 2.23. The molecule has 0 bridgehead atoms. The van der Waals surface area contributed by atoms with Gasteiger partial charge in [0.1, 0.15) is 5.75 Å². The molecule has 4 nitrogen and oxygen atoms in total. The molecule has 1 heterocycles. The fourth-order valence-electron chi connectivity index (χ4n) is 6.20. The smallest absolute Gasteiger partial charge is 0.165 e. The number of rotatable bonds is 2. The number of hydrogen-bond donors (Lipinski definition) is 1. The van der Waals surface area contributed by atoms with Crippen LogP contribution in [0.4, 0.5) is 0 Å². The van der Waals surface area contributed by atoms with Gasteiger partial charge in [0.25, 0.3) is 0 Å². The first-order valence-electron chi connectivity index (χ1n) is 10.6. The number of aromatic nitrogens is 2. The van der Waals surface area contributed by atoms with E-state index in [1.54, 1.807) is 0 Å². The predicted molar refractivity (Wildman–Crippen MR) is 109 cm³/mol. The Hall–Kier alpha value is -2.36. The number of phenols is 1. The first kappa shape index (κ1) is 17.7. The van der Waals surface area contributed by atoms with Crippen molar-refractivity contribution in [2.45, 2.75) is 58.4 Å². The van der Waals surface area contributed by atoms with E-state index in [0.29, 0.717) is 29.3 Å². The molecule has 0 unspecified atom stereocenters. The maximum Gasteiger partial charge on any atom is 0.165 e. The Morgan fingerprint density at radius 2 is 2.21 bits per heavy atom. The number of hydrogen-bond acceptors (Lipinski definition) is 3. The monoisotopic (exact) mass is 376 g/mol. The normalized spacial score (nSPS) is 32.9. The van der Waals surface area contributed by atoms with E-state index in [1.807, 2.05) is 29.2 Å². The SMILES string of the molecule is CCn1cc(/C=C2\C[C@H]3[C@@H]4CCc5cc(O)ccc5[C@@H]4CC[C@]3(C)C2=O)cn1. The third-order valence-corrected chi connectivity index (χ3v) is 7.67. The van der Waals surface area contributed by atoms with Gasteiger partial charge in [-0.15, -0.1) is 0 Å². The largest absolute Gasteiger partial charge is 0.508 e. The third-order valence-electron chi connectivity index (χ3n) is 7.67. The van der Waals surface area contributed by atoms with Crippen molar-refractivity contribution >= 4 is 11.9 Å². The quantitative estimate of drug-likeness (QED) is 0.771. The lowest BCUT2D eigenvalue weighted by atomic mass is 9.55. The van der Waals surface area contributed by atoms with Crippen molar-refractivity contribution in [3.63, 3.8) is 0 Å². The van der Waals surface area contributed by atoms with E-state index in [4.69, 9.17) is 0 Å². The van der Waals surface area contributed by atoms with Crippen LogP contribution in [-0.2, 0) is 17.8 Å². The molecule has 2 aromatic rings. The van der Waals surface area contributed by atoms with Crippen molar-refractivity contribution < 1.29 is 9.90 Å². The summed E-state index contributed by atoms with van der Waals surface area (Å²) in [7, 11) is 0. The first-order chi connectivity index (χ1) is 13.5. The first-order valence-corrected chi connectivity index (χ1v) is 10.6. The lowest BCUT2D eigenvalue weighted by molar-refractivity contribution is -0.127. The summed E-state index contributed by atoms with van der Waals surface area (Å²) in [6, 6.07) is 5.89. The fourth-order valence-corrected chi connectivity index (χ4v) is 6.20. The Balaban J connectivity index is 1.47. The second-order valence-electron chi connectivity index (χ2n) is 9.09. The number of aryl methyl sites for hydroxylation is 2. The highest BCUT2D eigenvalue weighted by molar-refractivity contribution is 6.05. The summed E-state index contributed by atoms with van der Waals surface area (Å²) in [5.41, 5.74) is 4.51. The number of carbonyl (C=O) groups is 1. The van der Waals surface area contributed by atoms with E-state index in [1.165, 1.54) is 11.1 Å². The highest BCUT2D eigenvalue weighted by Gasteiger charge is 2.56. The highest BCUT2D eigenvalue weighted by Crippen LogP contribution is 2.60. The van der Waals surface area contributed by atoms with Gasteiger partial charge >= 0.3 is 0 Å². The molecular formula is C24H28N2O2. The summed E-state index contributed by atoms with van der Waals surface area (Å²) in [6.07, 6.45) is 11.0. The molecule has 4 heteroatoms. The van der Waals surface area contributed by atoms with Crippen molar-refractivity contribution in [2.75, 3.05) is 0 Å². The van der Waals surface area contributed by atoms with E-state index in [9.17, 15) is 9.90 Å². The van der Waals surface area contributed by atoms with Gasteiger partial charge in [-0.25, -0.2) is 0 Å². The van der Waals surface area contributed by atoms with Gasteiger partial charge in [0.15, 0.2) is 5.78 Å². The fraction of sp³-hybridized carbons (Fsp3) is 0.500. The number of phenolic OH excluding ortho intramolecular Hbond substituents is 1. The zero-order chi connectivity index (χ0) is 19.5. The van der Waals surface area contributed by atoms with Crippen LogP contribution in [0.5, 0.6) is 5.75 Å². The van der Waals surface area contributed by atoms with E-state index in [2.05, 4.69) is 31.1 Å². The lowest BCUT2D eigenvalue weighted by Gasteiger charge is -2.48. The molecular weight excluding hydrogens is 348 g/mol. The van der Waals surface area contributed by atoms with Crippen molar-refractivity contribution in [3.05, 3.63) is 52.9 Å². The van der Waals surface area contributed by atoms with Crippen molar-refractivity contribution in [2.24, 2.45) is 17.3 Å². The van der Waals surface area contributed by atoms with Gasteiger partial charge in [-0.2, -0.15) is 5.10 Å². The van der Waals surface area contributed by atoms with Crippen LogP contribution in [-0.4, -0.2) is 20.7 Å². The second kappa shape index (κ2) is 6.33. The summed E-state index contributed by atoms with van der Waals surface area (Å²) < 4.78 is 1.91. The lowest BCUT2D eigenvalue weighted by Crippen LogP contribution is -2.42. The number of aromatic hydroxyl groups is 1. The molecule has 28 heavy (non-hydrogen) atoms. The van der Waals surface area contributed by atoms with Crippen molar-refractivity contribution in [1.29, 1.82) is 0 Å². The molecule has 5 rings (SSSR count). The predicted octanol–water partition coefficient (Wildman–Crippen LogP) is 4.73. The zero-order valence-electron chi connectivity index (χ0n) is 16.7. The maximum absolute atomic E-state index is 13.4. The van der Waals surface area contributed by atoms with Gasteiger partial charge in [0, 0.05) is 23.7 Å². The molecule has 1 aromatic carbocycles. The average molecular weight is 377 g/mol. The Bertz CT molecular complexity index is 973. The van der Waals surface area contributed by atoms with E-state index >= 15 is 0 Å². The number of carbonyl (C=O) groups excluding carboxylic acids is 1. The molecule has 0 radical (unpaired) electrons. The zero-order valence-corrected chi connectivity index (χ0v) is 16.7. The summed E-state index contributed by atoms with van der Waals surface area (Å²) in [4.78, 5) is 13.4. The minimum absolute atomic E-state index is 0.220. The van der Waals surface area contributed by atoms with Gasteiger partial charge in [-0.3, -0.25) is 9.48 Å². The van der Waals surface area contributed by atoms with Gasteiger partial charge in [-0.05, 0) is 91.7 Å². The molecule has 3 aliphatic rings. The standard InChI is InChI=1S/C24H28N2O2/c1-3-26-14-15(13-25-26)10-17-12-22-21-6-4-16-11-18(27)5-7-19(16)20(21)8-9-24(22,2)23(17)28/h5,7,10-11,13-14,20-22,27H,3-4,6,8-9,12H2,1-2H3/b17-10+/t20-,21+,22-,24-/m0/s1. The van der Waals surface area contributed by atoms with Gasteiger partial charge < -0.3 is 5.11 Å². The van der Waals surface area contributed by atoms with Crippen LogP contribution in [0.25, 0.3) is 6.08 Å². The molecule has 2 fully saturated rings. The Morgan fingerprint density at radius 3 is 3.00 bits per heavy atom. The van der Waals surface area contributed by atoms with Crippen LogP contribution in [0.3, 0.4) is 0 Å². The van der Waals surface area contributed by atoms with Crippen LogP contribution in [0.1, 0.15) is 62.1 Å². The van der Waals surface area contributed by atoms with Crippen molar-refractivity contribution in [1.82, 2.24) is 9.78 Å². The van der Waals surface area contributed by atoms with E-state index in [0.717, 1.165) is 49.8 Å². The molecule has 0 saturated heterocycles. The van der Waals surface area contributed by atoms with Crippen LogP contribution in [0, 0.1) is 17.3 Å². The van der Waals surface area contributed by atoms with Gasteiger partial charge in [-0.1, -0.05) is 13.0 Å². The van der Waals surface area contributed by atoms with Crippen LogP contribution >= 0.6 is 0 Å². The molecule has 3 aliphatic carbocycles. The van der Waals surface area contributed by atoms with Crippen LogP contribution in [0.2, 0.25) is 0 Å². The van der Waals surface area contributed by atoms with Crippen LogP contribution in [0.15, 0.2) is 36.2 Å². The molecule has 1 aromatic heterocycles. The third kappa shape index (κ3) is 2.57. The number of ketones is 1. The Labute approximate surface area is 166 Å². The summed E-state index contributed by atoms with van der Waals surface area (Å²) in [5, 5.41) is 14.2. The molecule has 0 spiro atoms. The Kier molecular flexibility index (Phi) is 4.01. The number of Topliss-reactive ketones (excluding diaryl/α,β-unsaturated/α-hetero) is 1. The van der Waals surface area contributed by atoms with E-state index in [-0.39, 0.29) is 5.41 Å². The highest BCUT2D eigenvalue weighted by atomic mass is 16.3. The number of benzene rings is 1.